The summed E-state index contributed by atoms with van der Waals surface area (Å²) in [7, 11) is 0. The van der Waals surface area contributed by atoms with E-state index in [0.29, 0.717) is 6.42 Å². The van der Waals surface area contributed by atoms with Crippen LogP contribution in [0.15, 0.2) is 11.0 Å². The van der Waals surface area contributed by atoms with Crippen molar-refractivity contribution in [3.05, 3.63) is 22.2 Å². The molecule has 4 rings (SSSR count). The predicted octanol–water partition coefficient (Wildman–Crippen LogP) is -0.285. The van der Waals surface area contributed by atoms with Crippen LogP contribution in [0.2, 0.25) is 0 Å². The normalized spacial score (nSPS) is 36.7. The van der Waals surface area contributed by atoms with Crippen molar-refractivity contribution < 1.29 is 14.6 Å². The van der Waals surface area contributed by atoms with Gasteiger partial charge >= 0.3 is 5.69 Å². The molecule has 0 aromatic carbocycles. The minimum absolute atomic E-state index is 0.0872. The second-order valence-electron chi connectivity index (χ2n) is 6.01. The molecule has 7 nitrogen and oxygen atoms in total. The van der Waals surface area contributed by atoms with Gasteiger partial charge in [-0.3, -0.25) is 4.57 Å². The van der Waals surface area contributed by atoms with Crippen LogP contribution in [-0.4, -0.2) is 38.6 Å². The van der Waals surface area contributed by atoms with Crippen LogP contribution in [0, 0.1) is 6.92 Å². The van der Waals surface area contributed by atoms with Gasteiger partial charge in [0.1, 0.15) is 23.1 Å². The number of aliphatic hydroxyl groups excluding tert-OH is 1. The molecule has 1 aromatic heterocycles. The van der Waals surface area contributed by atoms with Crippen molar-refractivity contribution in [1.29, 1.82) is 0 Å². The summed E-state index contributed by atoms with van der Waals surface area (Å²) in [4.78, 5) is 15.8. The molecule has 1 spiro atoms. The van der Waals surface area contributed by atoms with Gasteiger partial charge in [0.15, 0.2) is 6.23 Å². The molecule has 3 atom stereocenters. The Labute approximate surface area is 115 Å². The van der Waals surface area contributed by atoms with Crippen molar-refractivity contribution in [2.24, 2.45) is 0 Å². The van der Waals surface area contributed by atoms with Crippen LogP contribution in [0.25, 0.3) is 0 Å². The standard InChI is InChI=1S/C13H17N3O4/c1-7-5-16(11(18)15-9(7)14)10-8-4-13(6-17,20-10)12(19-8)2-3-12/h5,8,10,17H,2-4,6H2,1H3,(H2,14,15,18)/t8?,10-,13+/m1/s1. The SMILES string of the molecule is Cc1cn([C@@H]2O[C@]3(CO)CC2OC32CC2)c(=O)nc1N. The Bertz CT molecular complexity index is 639. The highest BCUT2D eigenvalue weighted by atomic mass is 16.7. The summed E-state index contributed by atoms with van der Waals surface area (Å²) in [5, 5.41) is 9.72. The third kappa shape index (κ3) is 1.35. The van der Waals surface area contributed by atoms with E-state index < -0.39 is 17.5 Å². The van der Waals surface area contributed by atoms with E-state index in [2.05, 4.69) is 4.98 Å². The van der Waals surface area contributed by atoms with E-state index in [1.165, 1.54) is 4.57 Å². The average molecular weight is 279 g/mol. The first-order valence-electron chi connectivity index (χ1n) is 6.82. The first-order valence-corrected chi connectivity index (χ1v) is 6.82. The maximum Gasteiger partial charge on any atom is 0.351 e. The number of ether oxygens (including phenoxy) is 2. The van der Waals surface area contributed by atoms with Gasteiger partial charge in [0, 0.05) is 18.2 Å². The van der Waals surface area contributed by atoms with E-state index in [1.54, 1.807) is 13.1 Å². The molecule has 3 aliphatic rings. The molecule has 108 valence electrons. The number of aliphatic hydroxyl groups is 1. The minimum Gasteiger partial charge on any atom is -0.393 e. The molecule has 1 aromatic rings. The van der Waals surface area contributed by atoms with Crippen molar-refractivity contribution in [3.8, 4) is 0 Å². The predicted molar refractivity (Wildman–Crippen MR) is 69.0 cm³/mol. The smallest absolute Gasteiger partial charge is 0.351 e. The van der Waals surface area contributed by atoms with E-state index >= 15 is 0 Å². The maximum atomic E-state index is 12.0. The van der Waals surface area contributed by atoms with Crippen molar-refractivity contribution in [1.82, 2.24) is 9.55 Å². The Balaban J connectivity index is 1.73. The van der Waals surface area contributed by atoms with Crippen LogP contribution in [0.3, 0.4) is 0 Å². The topological polar surface area (TPSA) is 99.6 Å². The van der Waals surface area contributed by atoms with Gasteiger partial charge in [-0.1, -0.05) is 0 Å². The zero-order valence-corrected chi connectivity index (χ0v) is 11.2. The van der Waals surface area contributed by atoms with E-state index in [-0.39, 0.29) is 24.1 Å². The molecule has 7 heteroatoms. The third-order valence-electron chi connectivity index (χ3n) is 4.81. The number of hydrogen-bond acceptors (Lipinski definition) is 6. The molecule has 3 fully saturated rings. The van der Waals surface area contributed by atoms with Crippen LogP contribution >= 0.6 is 0 Å². The van der Waals surface area contributed by atoms with Gasteiger partial charge in [-0.15, -0.1) is 0 Å². The largest absolute Gasteiger partial charge is 0.393 e. The summed E-state index contributed by atoms with van der Waals surface area (Å²) in [6, 6.07) is 0. The monoisotopic (exact) mass is 279 g/mol. The van der Waals surface area contributed by atoms with Crippen molar-refractivity contribution in [2.75, 3.05) is 12.3 Å². The van der Waals surface area contributed by atoms with Crippen molar-refractivity contribution in [2.45, 2.75) is 49.7 Å². The number of nitrogens with zero attached hydrogens (tertiary/aromatic N) is 2. The second-order valence-corrected chi connectivity index (χ2v) is 6.01. The summed E-state index contributed by atoms with van der Waals surface area (Å²) in [6.45, 7) is 1.70. The lowest BCUT2D eigenvalue weighted by Crippen LogP contribution is -2.49. The molecule has 1 saturated carbocycles. The number of nitrogen functional groups attached to an aromatic ring is 1. The molecule has 1 unspecified atom stereocenters. The second kappa shape index (κ2) is 3.60. The number of anilines is 1. The van der Waals surface area contributed by atoms with E-state index in [9.17, 15) is 9.90 Å². The molecule has 1 aliphatic carbocycles. The number of aryl methyl sites for hydroxylation is 1. The average Bonchev–Trinajstić information content (AvgIpc) is 2.98. The third-order valence-corrected chi connectivity index (χ3v) is 4.81. The van der Waals surface area contributed by atoms with Gasteiger partial charge in [-0.05, 0) is 19.8 Å². The lowest BCUT2D eigenvalue weighted by Gasteiger charge is -2.37. The van der Waals surface area contributed by atoms with Gasteiger partial charge in [-0.25, -0.2) is 4.79 Å². The number of hydrogen-bond donors (Lipinski definition) is 2. The zero-order chi connectivity index (χ0) is 14.1. The molecular formula is C13H17N3O4. The lowest BCUT2D eigenvalue weighted by atomic mass is 9.94. The van der Waals surface area contributed by atoms with Crippen LogP contribution in [-0.2, 0) is 9.47 Å². The summed E-state index contributed by atoms with van der Waals surface area (Å²) >= 11 is 0. The number of aromatic nitrogens is 2. The number of rotatable bonds is 2. The van der Waals surface area contributed by atoms with E-state index in [1.807, 2.05) is 0 Å². The van der Waals surface area contributed by atoms with Crippen LogP contribution in [0.1, 0.15) is 31.1 Å². The van der Waals surface area contributed by atoms with Gasteiger partial charge in [-0.2, -0.15) is 4.98 Å². The number of nitrogens with two attached hydrogens (primary N) is 1. The lowest BCUT2D eigenvalue weighted by molar-refractivity contribution is -0.233. The molecule has 2 bridgehead atoms. The highest BCUT2D eigenvalue weighted by Gasteiger charge is 2.73. The Hall–Kier alpha value is -1.44. The number of fused-ring (bicyclic) bond motifs is 3. The molecule has 20 heavy (non-hydrogen) atoms. The molecule has 3 heterocycles. The van der Waals surface area contributed by atoms with Crippen molar-refractivity contribution in [3.63, 3.8) is 0 Å². The van der Waals surface area contributed by atoms with Gasteiger partial charge < -0.3 is 20.3 Å². The van der Waals surface area contributed by atoms with E-state index in [4.69, 9.17) is 15.2 Å². The Morgan fingerprint density at radius 3 is 2.95 bits per heavy atom. The fourth-order valence-electron chi connectivity index (χ4n) is 3.50. The highest BCUT2D eigenvalue weighted by molar-refractivity contribution is 5.35. The molecule has 3 N–H and O–H groups in total. The van der Waals surface area contributed by atoms with Gasteiger partial charge in [0.25, 0.3) is 0 Å². The van der Waals surface area contributed by atoms with Crippen molar-refractivity contribution >= 4 is 5.82 Å². The Morgan fingerprint density at radius 1 is 1.55 bits per heavy atom. The summed E-state index contributed by atoms with van der Waals surface area (Å²) in [5.41, 5.74) is 4.90. The maximum absolute atomic E-state index is 12.0. The first-order chi connectivity index (χ1) is 9.50. The summed E-state index contributed by atoms with van der Waals surface area (Å²) in [5.74, 6) is 0.228. The molecule has 2 aliphatic heterocycles. The fourth-order valence-corrected chi connectivity index (χ4v) is 3.50. The molecule has 0 amide bonds. The molecular weight excluding hydrogens is 262 g/mol. The van der Waals surface area contributed by atoms with Crippen LogP contribution in [0.4, 0.5) is 5.82 Å². The van der Waals surface area contributed by atoms with Gasteiger partial charge in [0.2, 0.25) is 0 Å². The molecule has 2 saturated heterocycles. The van der Waals surface area contributed by atoms with Crippen LogP contribution in [0.5, 0.6) is 0 Å². The zero-order valence-electron chi connectivity index (χ0n) is 11.2. The Kier molecular flexibility index (Phi) is 2.22. The Morgan fingerprint density at radius 2 is 2.30 bits per heavy atom. The summed E-state index contributed by atoms with van der Waals surface area (Å²) < 4.78 is 13.5. The first kappa shape index (κ1) is 12.3. The summed E-state index contributed by atoms with van der Waals surface area (Å²) in [6.07, 6.45) is 3.32. The minimum atomic E-state index is -0.670. The quantitative estimate of drug-likeness (QED) is 0.772. The van der Waals surface area contributed by atoms with Gasteiger partial charge in [0.05, 0.1) is 6.61 Å². The highest BCUT2D eigenvalue weighted by Crippen LogP contribution is 2.63. The van der Waals surface area contributed by atoms with E-state index in [0.717, 1.165) is 18.4 Å². The molecule has 0 radical (unpaired) electrons. The fraction of sp³-hybridized carbons (Fsp3) is 0.692. The van der Waals surface area contributed by atoms with Crippen LogP contribution < -0.4 is 11.4 Å².